The van der Waals surface area contributed by atoms with E-state index in [1.807, 2.05) is 0 Å². The van der Waals surface area contributed by atoms with Gasteiger partial charge in [0.25, 0.3) is 0 Å². The Kier molecular flexibility index (Phi) is 3.71. The molecular weight excluding hydrogens is 166 g/mol. The zero-order valence-electron chi connectivity index (χ0n) is 8.84. The Labute approximate surface area is 80.5 Å². The van der Waals surface area contributed by atoms with Gasteiger partial charge in [0.1, 0.15) is 0 Å². The number of aliphatic hydroxyl groups excluding tert-OH is 1. The van der Waals surface area contributed by atoms with E-state index in [9.17, 15) is 5.11 Å². The highest BCUT2D eigenvalue weighted by molar-refractivity contribution is 4.96. The first-order valence-corrected chi connectivity index (χ1v) is 4.94. The van der Waals surface area contributed by atoms with Crippen LogP contribution in [-0.2, 0) is 4.74 Å². The fraction of sp³-hybridized carbons (Fsp3) is 1.00. The maximum absolute atomic E-state index is 9.33. The van der Waals surface area contributed by atoms with Crippen molar-refractivity contribution < 1.29 is 9.84 Å². The van der Waals surface area contributed by atoms with Crippen molar-refractivity contribution >= 4 is 0 Å². The quantitative estimate of drug-likeness (QED) is 0.641. The van der Waals surface area contributed by atoms with E-state index in [0.29, 0.717) is 18.6 Å². The maximum atomic E-state index is 9.33. The van der Waals surface area contributed by atoms with Gasteiger partial charge in [0.15, 0.2) is 0 Å². The molecule has 13 heavy (non-hydrogen) atoms. The molecule has 1 rings (SSSR count). The van der Waals surface area contributed by atoms with Crippen LogP contribution in [0.25, 0.3) is 0 Å². The summed E-state index contributed by atoms with van der Waals surface area (Å²) in [5.74, 6) is 0.794. The highest BCUT2D eigenvalue weighted by Crippen LogP contribution is 2.50. The van der Waals surface area contributed by atoms with Gasteiger partial charge in [0.05, 0.1) is 12.7 Å². The number of aliphatic hydroxyl groups is 1. The summed E-state index contributed by atoms with van der Waals surface area (Å²) in [6.07, 6.45) is 0.937. The molecule has 1 aliphatic rings. The number of ether oxygens (including phenoxy) is 1. The van der Waals surface area contributed by atoms with Gasteiger partial charge in [-0.05, 0) is 24.3 Å². The van der Waals surface area contributed by atoms with Crippen molar-refractivity contribution in [3.63, 3.8) is 0 Å². The molecule has 0 amide bonds. The monoisotopic (exact) mass is 187 g/mol. The van der Waals surface area contributed by atoms with Gasteiger partial charge >= 0.3 is 0 Å². The minimum atomic E-state index is -0.369. The fourth-order valence-electron chi connectivity index (χ4n) is 1.60. The molecule has 0 radical (unpaired) electrons. The standard InChI is InChI=1S/C10H21NO2/c1-10(2)4-8(10)5-11-6-9(12)7-13-3/h8-9,11-12H,4-7H2,1-3H3. The van der Waals surface area contributed by atoms with Crippen molar-refractivity contribution in [3.8, 4) is 0 Å². The van der Waals surface area contributed by atoms with E-state index < -0.39 is 0 Å². The first-order valence-electron chi connectivity index (χ1n) is 4.94. The Balaban J connectivity index is 1.96. The largest absolute Gasteiger partial charge is 0.389 e. The lowest BCUT2D eigenvalue weighted by Crippen LogP contribution is -2.31. The summed E-state index contributed by atoms with van der Waals surface area (Å²) in [6.45, 7) is 6.64. The second-order valence-electron chi connectivity index (χ2n) is 4.66. The molecule has 1 fully saturated rings. The average Bonchev–Trinajstić information content (AvgIpc) is 2.59. The maximum Gasteiger partial charge on any atom is 0.0897 e. The van der Waals surface area contributed by atoms with Crippen LogP contribution in [0.15, 0.2) is 0 Å². The van der Waals surface area contributed by atoms with E-state index in [1.54, 1.807) is 7.11 Å². The highest BCUT2D eigenvalue weighted by atomic mass is 16.5. The number of nitrogens with one attached hydrogen (secondary N) is 1. The van der Waals surface area contributed by atoms with Crippen molar-refractivity contribution in [1.29, 1.82) is 0 Å². The minimum absolute atomic E-state index is 0.369. The summed E-state index contributed by atoms with van der Waals surface area (Å²) in [5.41, 5.74) is 0.527. The van der Waals surface area contributed by atoms with Crippen LogP contribution in [0.1, 0.15) is 20.3 Å². The molecular formula is C10H21NO2. The highest BCUT2D eigenvalue weighted by Gasteiger charge is 2.44. The molecule has 78 valence electrons. The Bertz CT molecular complexity index is 159. The smallest absolute Gasteiger partial charge is 0.0897 e. The lowest BCUT2D eigenvalue weighted by atomic mass is 10.1. The Morgan fingerprint density at radius 1 is 1.62 bits per heavy atom. The zero-order chi connectivity index (χ0) is 9.90. The predicted octanol–water partition coefficient (Wildman–Crippen LogP) is 0.629. The summed E-state index contributed by atoms with van der Waals surface area (Å²) in [6, 6.07) is 0. The van der Waals surface area contributed by atoms with Gasteiger partial charge in [-0.3, -0.25) is 0 Å². The van der Waals surface area contributed by atoms with Gasteiger partial charge in [-0.1, -0.05) is 13.8 Å². The van der Waals surface area contributed by atoms with E-state index in [2.05, 4.69) is 19.2 Å². The normalized spacial score (nSPS) is 27.2. The fourth-order valence-corrected chi connectivity index (χ4v) is 1.60. The van der Waals surface area contributed by atoms with E-state index in [4.69, 9.17) is 4.74 Å². The van der Waals surface area contributed by atoms with E-state index in [-0.39, 0.29) is 6.10 Å². The number of hydrogen-bond donors (Lipinski definition) is 2. The molecule has 0 spiro atoms. The summed E-state index contributed by atoms with van der Waals surface area (Å²) in [4.78, 5) is 0. The first kappa shape index (κ1) is 11.0. The van der Waals surface area contributed by atoms with Gasteiger partial charge in [0.2, 0.25) is 0 Å². The van der Waals surface area contributed by atoms with Crippen LogP contribution in [0, 0.1) is 11.3 Å². The Morgan fingerprint density at radius 3 is 2.69 bits per heavy atom. The molecule has 0 aliphatic heterocycles. The van der Waals surface area contributed by atoms with Crippen molar-refractivity contribution in [2.75, 3.05) is 26.8 Å². The molecule has 1 saturated carbocycles. The van der Waals surface area contributed by atoms with Crippen molar-refractivity contribution in [1.82, 2.24) is 5.32 Å². The number of methoxy groups -OCH3 is 1. The second kappa shape index (κ2) is 4.40. The molecule has 0 aromatic carbocycles. The lowest BCUT2D eigenvalue weighted by Gasteiger charge is -2.11. The van der Waals surface area contributed by atoms with Crippen molar-refractivity contribution in [2.24, 2.45) is 11.3 Å². The van der Waals surface area contributed by atoms with E-state index >= 15 is 0 Å². The minimum Gasteiger partial charge on any atom is -0.389 e. The molecule has 3 nitrogen and oxygen atoms in total. The van der Waals surface area contributed by atoms with Gasteiger partial charge < -0.3 is 15.2 Å². The lowest BCUT2D eigenvalue weighted by molar-refractivity contribution is 0.0644. The van der Waals surface area contributed by atoms with Crippen LogP contribution in [0.4, 0.5) is 0 Å². The van der Waals surface area contributed by atoms with Crippen LogP contribution >= 0.6 is 0 Å². The summed E-state index contributed by atoms with van der Waals surface area (Å²) < 4.78 is 4.83. The molecule has 0 saturated heterocycles. The predicted molar refractivity (Wildman–Crippen MR) is 52.6 cm³/mol. The third-order valence-electron chi connectivity index (χ3n) is 2.85. The SMILES string of the molecule is COCC(O)CNCC1CC1(C)C. The van der Waals surface area contributed by atoms with Crippen LogP contribution < -0.4 is 5.32 Å². The van der Waals surface area contributed by atoms with Gasteiger partial charge in [-0.15, -0.1) is 0 Å². The molecule has 3 heteroatoms. The molecule has 0 bridgehead atoms. The van der Waals surface area contributed by atoms with Crippen LogP contribution in [0.5, 0.6) is 0 Å². The van der Waals surface area contributed by atoms with Crippen molar-refractivity contribution in [2.45, 2.75) is 26.4 Å². The molecule has 2 unspecified atom stereocenters. The second-order valence-corrected chi connectivity index (χ2v) is 4.66. The number of hydrogen-bond acceptors (Lipinski definition) is 3. The molecule has 0 aromatic rings. The summed E-state index contributed by atoms with van der Waals surface area (Å²) in [7, 11) is 1.60. The zero-order valence-corrected chi connectivity index (χ0v) is 8.84. The molecule has 2 atom stereocenters. The van der Waals surface area contributed by atoms with E-state index in [1.165, 1.54) is 6.42 Å². The average molecular weight is 187 g/mol. The molecule has 1 aliphatic carbocycles. The summed E-state index contributed by atoms with van der Waals surface area (Å²) >= 11 is 0. The third-order valence-corrected chi connectivity index (χ3v) is 2.85. The number of rotatable bonds is 6. The van der Waals surface area contributed by atoms with Crippen molar-refractivity contribution in [3.05, 3.63) is 0 Å². The molecule has 0 aromatic heterocycles. The third kappa shape index (κ3) is 3.63. The first-order chi connectivity index (χ1) is 6.06. The van der Waals surface area contributed by atoms with Gasteiger partial charge in [-0.2, -0.15) is 0 Å². The van der Waals surface area contributed by atoms with Crippen LogP contribution in [0.3, 0.4) is 0 Å². The topological polar surface area (TPSA) is 41.5 Å². The van der Waals surface area contributed by atoms with Gasteiger partial charge in [0, 0.05) is 13.7 Å². The molecule has 0 heterocycles. The van der Waals surface area contributed by atoms with Crippen LogP contribution in [0.2, 0.25) is 0 Å². The molecule has 2 N–H and O–H groups in total. The Morgan fingerprint density at radius 2 is 2.23 bits per heavy atom. The summed E-state index contributed by atoms with van der Waals surface area (Å²) in [5, 5.41) is 12.6. The van der Waals surface area contributed by atoms with Gasteiger partial charge in [-0.25, -0.2) is 0 Å². The van der Waals surface area contributed by atoms with E-state index in [0.717, 1.165) is 12.5 Å². The Hall–Kier alpha value is -0.120. The van der Waals surface area contributed by atoms with Crippen LogP contribution in [-0.4, -0.2) is 38.0 Å².